The second-order valence-electron chi connectivity index (χ2n) is 4.11. The molecule has 14 heavy (non-hydrogen) atoms. The first-order chi connectivity index (χ1) is 6.79. The first-order valence-corrected chi connectivity index (χ1v) is 6.28. The van der Waals surface area contributed by atoms with Gasteiger partial charge in [0.15, 0.2) is 0 Å². The van der Waals surface area contributed by atoms with Gasteiger partial charge in [0.25, 0.3) is 0 Å². The fourth-order valence-electron chi connectivity index (χ4n) is 2.17. The Bertz CT molecular complexity index is 295. The summed E-state index contributed by atoms with van der Waals surface area (Å²) in [5.41, 5.74) is 0. The average Bonchev–Trinajstić information content (AvgIpc) is 2.74. The van der Waals surface area contributed by atoms with E-state index >= 15 is 0 Å². The van der Waals surface area contributed by atoms with Gasteiger partial charge in [0, 0.05) is 13.1 Å². The van der Waals surface area contributed by atoms with Crippen molar-refractivity contribution in [2.24, 2.45) is 5.92 Å². The van der Waals surface area contributed by atoms with Gasteiger partial charge >= 0.3 is 0 Å². The van der Waals surface area contributed by atoms with Crippen molar-refractivity contribution in [1.29, 1.82) is 0 Å². The standard InChI is InChI=1S/C11H18N2S/c1-3-4-10-5-6-13(8-10)11-7-12-9(2)14-11/h7,10H,3-6,8H2,1-2H3. The average molecular weight is 210 g/mol. The van der Waals surface area contributed by atoms with Crippen molar-refractivity contribution in [2.75, 3.05) is 18.0 Å². The van der Waals surface area contributed by atoms with Crippen LogP contribution in [0.15, 0.2) is 6.20 Å². The number of aryl methyl sites for hydroxylation is 1. The molecule has 0 amide bonds. The van der Waals surface area contributed by atoms with Crippen LogP contribution in [0, 0.1) is 12.8 Å². The molecule has 0 bridgehead atoms. The molecule has 2 heterocycles. The minimum atomic E-state index is 0.919. The summed E-state index contributed by atoms with van der Waals surface area (Å²) >= 11 is 1.82. The van der Waals surface area contributed by atoms with Crippen molar-refractivity contribution in [3.8, 4) is 0 Å². The fraction of sp³-hybridized carbons (Fsp3) is 0.727. The predicted octanol–water partition coefficient (Wildman–Crippen LogP) is 3.08. The lowest BCUT2D eigenvalue weighted by Crippen LogP contribution is -2.18. The van der Waals surface area contributed by atoms with Crippen LogP contribution in [0.4, 0.5) is 5.00 Å². The minimum Gasteiger partial charge on any atom is -0.362 e. The fourth-order valence-corrected chi connectivity index (χ4v) is 2.98. The van der Waals surface area contributed by atoms with Crippen LogP contribution in [-0.2, 0) is 0 Å². The summed E-state index contributed by atoms with van der Waals surface area (Å²) in [6.07, 6.45) is 6.09. The van der Waals surface area contributed by atoms with Gasteiger partial charge in [-0.2, -0.15) is 0 Å². The first kappa shape index (κ1) is 9.97. The minimum absolute atomic E-state index is 0.919. The molecule has 0 saturated carbocycles. The molecule has 1 atom stereocenters. The van der Waals surface area contributed by atoms with Crippen LogP contribution < -0.4 is 4.90 Å². The third kappa shape index (κ3) is 2.08. The Labute approximate surface area is 90.0 Å². The van der Waals surface area contributed by atoms with Crippen LogP contribution in [0.3, 0.4) is 0 Å². The molecule has 0 spiro atoms. The van der Waals surface area contributed by atoms with E-state index in [9.17, 15) is 0 Å². The number of aromatic nitrogens is 1. The smallest absolute Gasteiger partial charge is 0.111 e. The maximum atomic E-state index is 4.31. The summed E-state index contributed by atoms with van der Waals surface area (Å²) in [6.45, 7) is 6.83. The number of nitrogens with zero attached hydrogens (tertiary/aromatic N) is 2. The highest BCUT2D eigenvalue weighted by Crippen LogP contribution is 2.30. The first-order valence-electron chi connectivity index (χ1n) is 5.47. The zero-order valence-corrected chi connectivity index (χ0v) is 9.81. The van der Waals surface area contributed by atoms with Gasteiger partial charge in [-0.15, -0.1) is 11.3 Å². The van der Waals surface area contributed by atoms with Crippen LogP contribution in [0.25, 0.3) is 0 Å². The van der Waals surface area contributed by atoms with E-state index in [4.69, 9.17) is 0 Å². The second-order valence-corrected chi connectivity index (χ2v) is 5.32. The van der Waals surface area contributed by atoms with E-state index in [-0.39, 0.29) is 0 Å². The number of hydrogen-bond acceptors (Lipinski definition) is 3. The zero-order valence-electron chi connectivity index (χ0n) is 8.99. The van der Waals surface area contributed by atoms with E-state index in [1.54, 1.807) is 0 Å². The summed E-state index contributed by atoms with van der Waals surface area (Å²) < 4.78 is 0. The molecule has 0 aliphatic carbocycles. The van der Waals surface area contributed by atoms with Gasteiger partial charge in [-0.05, 0) is 25.7 Å². The van der Waals surface area contributed by atoms with Crippen LogP contribution in [-0.4, -0.2) is 18.1 Å². The third-order valence-corrected chi connectivity index (χ3v) is 3.88. The van der Waals surface area contributed by atoms with E-state index in [1.807, 2.05) is 17.5 Å². The lowest BCUT2D eigenvalue weighted by Gasteiger charge is -2.15. The van der Waals surface area contributed by atoms with Crippen molar-refractivity contribution in [3.63, 3.8) is 0 Å². The zero-order chi connectivity index (χ0) is 9.97. The second kappa shape index (κ2) is 4.30. The molecule has 1 fully saturated rings. The molecular formula is C11H18N2S. The summed E-state index contributed by atoms with van der Waals surface area (Å²) in [4.78, 5) is 6.80. The SMILES string of the molecule is CCCC1CCN(c2cnc(C)s2)C1. The van der Waals surface area contributed by atoms with E-state index in [0.29, 0.717) is 0 Å². The van der Waals surface area contributed by atoms with Crippen molar-refractivity contribution in [2.45, 2.75) is 33.1 Å². The van der Waals surface area contributed by atoms with Gasteiger partial charge < -0.3 is 4.90 Å². The van der Waals surface area contributed by atoms with Gasteiger partial charge in [0.2, 0.25) is 0 Å². The van der Waals surface area contributed by atoms with Crippen molar-refractivity contribution in [1.82, 2.24) is 4.98 Å². The summed E-state index contributed by atoms with van der Waals surface area (Å²) in [5, 5.41) is 2.54. The summed E-state index contributed by atoms with van der Waals surface area (Å²) in [5.74, 6) is 0.919. The van der Waals surface area contributed by atoms with Crippen LogP contribution in [0.2, 0.25) is 0 Å². The molecule has 2 nitrogen and oxygen atoms in total. The molecule has 1 unspecified atom stereocenters. The molecule has 1 aromatic heterocycles. The van der Waals surface area contributed by atoms with Crippen molar-refractivity contribution >= 4 is 16.3 Å². The predicted molar refractivity (Wildman–Crippen MR) is 62.1 cm³/mol. The Morgan fingerprint density at radius 1 is 1.64 bits per heavy atom. The molecule has 0 N–H and O–H groups in total. The van der Waals surface area contributed by atoms with E-state index in [0.717, 1.165) is 5.92 Å². The Kier molecular flexibility index (Phi) is 3.06. The van der Waals surface area contributed by atoms with Crippen molar-refractivity contribution in [3.05, 3.63) is 11.2 Å². The maximum Gasteiger partial charge on any atom is 0.111 e. The lowest BCUT2D eigenvalue weighted by atomic mass is 10.0. The van der Waals surface area contributed by atoms with E-state index in [1.165, 1.54) is 42.4 Å². The van der Waals surface area contributed by atoms with Crippen LogP contribution in [0.5, 0.6) is 0 Å². The van der Waals surface area contributed by atoms with Crippen LogP contribution >= 0.6 is 11.3 Å². The Morgan fingerprint density at radius 3 is 3.14 bits per heavy atom. The molecule has 1 aliphatic rings. The quantitative estimate of drug-likeness (QED) is 0.762. The van der Waals surface area contributed by atoms with Gasteiger partial charge in [-0.25, -0.2) is 4.98 Å². The number of thiazole rings is 1. The van der Waals surface area contributed by atoms with Crippen molar-refractivity contribution < 1.29 is 0 Å². The number of rotatable bonds is 3. The molecule has 0 radical (unpaired) electrons. The van der Waals surface area contributed by atoms with E-state index in [2.05, 4.69) is 23.7 Å². The molecular weight excluding hydrogens is 192 g/mol. The Balaban J connectivity index is 1.95. The topological polar surface area (TPSA) is 16.1 Å². The van der Waals surface area contributed by atoms with Gasteiger partial charge in [-0.3, -0.25) is 0 Å². The molecule has 3 heteroatoms. The van der Waals surface area contributed by atoms with E-state index < -0.39 is 0 Å². The normalized spacial score (nSPS) is 21.9. The van der Waals surface area contributed by atoms with Gasteiger partial charge in [0.05, 0.1) is 11.2 Å². The molecule has 1 aliphatic heterocycles. The summed E-state index contributed by atoms with van der Waals surface area (Å²) in [6, 6.07) is 0. The number of anilines is 1. The van der Waals surface area contributed by atoms with Gasteiger partial charge in [-0.1, -0.05) is 13.3 Å². The largest absolute Gasteiger partial charge is 0.362 e. The molecule has 1 aromatic rings. The molecule has 1 saturated heterocycles. The molecule has 0 aromatic carbocycles. The Hall–Kier alpha value is -0.570. The highest BCUT2D eigenvalue weighted by Gasteiger charge is 2.22. The number of hydrogen-bond donors (Lipinski definition) is 0. The summed E-state index contributed by atoms with van der Waals surface area (Å²) in [7, 11) is 0. The van der Waals surface area contributed by atoms with Crippen LogP contribution in [0.1, 0.15) is 31.2 Å². The molecule has 78 valence electrons. The lowest BCUT2D eigenvalue weighted by molar-refractivity contribution is 0.530. The molecule has 2 rings (SSSR count). The van der Waals surface area contributed by atoms with Gasteiger partial charge in [0.1, 0.15) is 5.00 Å². The monoisotopic (exact) mass is 210 g/mol. The highest BCUT2D eigenvalue weighted by molar-refractivity contribution is 7.15. The highest BCUT2D eigenvalue weighted by atomic mass is 32.1. The Morgan fingerprint density at radius 2 is 2.50 bits per heavy atom. The maximum absolute atomic E-state index is 4.31. The third-order valence-electron chi connectivity index (χ3n) is 2.90.